The Morgan fingerprint density at radius 2 is 2.08 bits per heavy atom. The number of nitrogens with zero attached hydrogens (tertiary/aromatic N) is 2. The van der Waals surface area contributed by atoms with Gasteiger partial charge in [0, 0.05) is 13.1 Å². The molecule has 0 aromatic rings. The number of nitro groups is 1. The van der Waals surface area contributed by atoms with Crippen molar-refractivity contribution in [3.8, 4) is 0 Å². The first-order valence-electron chi connectivity index (χ1n) is 3.87. The van der Waals surface area contributed by atoms with Crippen LogP contribution in [0.5, 0.6) is 0 Å². The van der Waals surface area contributed by atoms with E-state index in [-0.39, 0.29) is 6.29 Å². The van der Waals surface area contributed by atoms with Crippen molar-refractivity contribution in [3.05, 3.63) is 22.0 Å². The topological polar surface area (TPSA) is 72.7 Å². The molecule has 0 unspecified atom stereocenters. The molecule has 0 aromatic carbocycles. The number of ether oxygens (including phenoxy) is 1. The van der Waals surface area contributed by atoms with Crippen LogP contribution in [0.15, 0.2) is 11.9 Å². The number of morpholine rings is 1. The second kappa shape index (κ2) is 4.56. The smallest absolute Gasteiger partial charge is 0.324 e. The number of hydrogen-bond donors (Lipinski definition) is 0. The van der Waals surface area contributed by atoms with Gasteiger partial charge in [0.2, 0.25) is 6.29 Å². The van der Waals surface area contributed by atoms with E-state index < -0.39 is 10.6 Å². The quantitative estimate of drug-likeness (QED) is 0.260. The molecule has 6 nitrogen and oxygen atoms in total. The van der Waals surface area contributed by atoms with E-state index in [0.717, 1.165) is 0 Å². The standard InChI is InChI=1S/C7H10N2O4/c10-6-7(9(11)12)5-8-1-3-13-4-2-8/h5-6H,1-4H2. The average Bonchev–Trinajstić information content (AvgIpc) is 2.15. The lowest BCUT2D eigenvalue weighted by atomic mass is 10.4. The summed E-state index contributed by atoms with van der Waals surface area (Å²) >= 11 is 0. The predicted octanol–water partition coefficient (Wildman–Crippen LogP) is -0.364. The normalized spacial score (nSPS) is 18.5. The summed E-state index contributed by atoms with van der Waals surface area (Å²) in [6, 6.07) is 0. The van der Waals surface area contributed by atoms with Gasteiger partial charge in [-0.15, -0.1) is 0 Å². The van der Waals surface area contributed by atoms with Crippen LogP contribution in [0.25, 0.3) is 0 Å². The van der Waals surface area contributed by atoms with Crippen molar-refractivity contribution in [1.82, 2.24) is 4.90 Å². The summed E-state index contributed by atoms with van der Waals surface area (Å²) in [6.45, 7) is 2.26. The van der Waals surface area contributed by atoms with Crippen molar-refractivity contribution in [2.75, 3.05) is 26.3 Å². The maximum Gasteiger partial charge on any atom is 0.324 e. The van der Waals surface area contributed by atoms with Crippen molar-refractivity contribution >= 4 is 6.29 Å². The monoisotopic (exact) mass is 186 g/mol. The van der Waals surface area contributed by atoms with E-state index in [0.29, 0.717) is 26.3 Å². The van der Waals surface area contributed by atoms with Crippen LogP contribution in [-0.2, 0) is 9.53 Å². The highest BCUT2D eigenvalue weighted by Gasteiger charge is 2.13. The predicted molar refractivity (Wildman–Crippen MR) is 43.5 cm³/mol. The highest BCUT2D eigenvalue weighted by Crippen LogP contribution is 2.00. The first-order chi connectivity index (χ1) is 6.24. The zero-order valence-electron chi connectivity index (χ0n) is 7.01. The molecule has 0 radical (unpaired) electrons. The minimum absolute atomic E-state index is 0.245. The molecule has 6 heteroatoms. The molecule has 1 aliphatic heterocycles. The van der Waals surface area contributed by atoms with E-state index in [9.17, 15) is 14.9 Å². The Labute approximate surface area is 74.9 Å². The molecule has 0 spiro atoms. The lowest BCUT2D eigenvalue weighted by molar-refractivity contribution is -0.418. The van der Waals surface area contributed by atoms with Crippen LogP contribution in [0.4, 0.5) is 0 Å². The van der Waals surface area contributed by atoms with E-state index in [1.54, 1.807) is 4.90 Å². The van der Waals surface area contributed by atoms with E-state index >= 15 is 0 Å². The maximum absolute atomic E-state index is 10.3. The molecule has 1 rings (SSSR count). The zero-order chi connectivity index (χ0) is 9.68. The Morgan fingerprint density at radius 1 is 1.46 bits per heavy atom. The molecule has 72 valence electrons. The third-order valence-corrected chi connectivity index (χ3v) is 1.69. The molecule has 0 aromatic heterocycles. The molecule has 0 amide bonds. The van der Waals surface area contributed by atoms with Gasteiger partial charge in [-0.1, -0.05) is 0 Å². The van der Waals surface area contributed by atoms with Crippen LogP contribution in [0.3, 0.4) is 0 Å². The molecule has 0 bridgehead atoms. The van der Waals surface area contributed by atoms with Gasteiger partial charge >= 0.3 is 5.70 Å². The fourth-order valence-electron chi connectivity index (χ4n) is 1.01. The first kappa shape index (κ1) is 9.66. The molecule has 1 aliphatic rings. The summed E-state index contributed by atoms with van der Waals surface area (Å²) in [7, 11) is 0. The number of carbonyl (C=O) groups excluding carboxylic acids is 1. The van der Waals surface area contributed by atoms with Crippen LogP contribution >= 0.6 is 0 Å². The van der Waals surface area contributed by atoms with Gasteiger partial charge in [0.15, 0.2) is 0 Å². The average molecular weight is 186 g/mol. The molecule has 13 heavy (non-hydrogen) atoms. The second-order valence-electron chi connectivity index (χ2n) is 2.58. The first-order valence-corrected chi connectivity index (χ1v) is 3.87. The van der Waals surface area contributed by atoms with Gasteiger partial charge < -0.3 is 9.64 Å². The van der Waals surface area contributed by atoms with Crippen LogP contribution < -0.4 is 0 Å². The van der Waals surface area contributed by atoms with Crippen molar-refractivity contribution < 1.29 is 14.5 Å². The molecular formula is C7H10N2O4. The van der Waals surface area contributed by atoms with E-state index in [1.165, 1.54) is 6.20 Å². The van der Waals surface area contributed by atoms with Crippen LogP contribution in [-0.4, -0.2) is 42.4 Å². The molecule has 0 saturated carbocycles. The fourth-order valence-corrected chi connectivity index (χ4v) is 1.01. The van der Waals surface area contributed by atoms with Gasteiger partial charge in [-0.3, -0.25) is 14.9 Å². The van der Waals surface area contributed by atoms with Crippen molar-refractivity contribution in [1.29, 1.82) is 0 Å². The minimum atomic E-state index is -0.692. The minimum Gasteiger partial charge on any atom is -0.378 e. The summed E-state index contributed by atoms with van der Waals surface area (Å²) in [5, 5.41) is 10.3. The Hall–Kier alpha value is -1.43. The molecule has 1 heterocycles. The zero-order valence-corrected chi connectivity index (χ0v) is 7.01. The maximum atomic E-state index is 10.3. The van der Waals surface area contributed by atoms with Crippen LogP contribution in [0.1, 0.15) is 0 Å². The van der Waals surface area contributed by atoms with Gasteiger partial charge in [0.25, 0.3) is 0 Å². The molecule has 0 N–H and O–H groups in total. The number of aldehydes is 1. The summed E-state index contributed by atoms with van der Waals surface area (Å²) in [6.07, 6.45) is 1.50. The number of allylic oxidation sites excluding steroid dienone is 1. The van der Waals surface area contributed by atoms with Crippen molar-refractivity contribution in [2.24, 2.45) is 0 Å². The van der Waals surface area contributed by atoms with E-state index in [1.807, 2.05) is 0 Å². The summed E-state index contributed by atoms with van der Waals surface area (Å²) < 4.78 is 5.05. The van der Waals surface area contributed by atoms with E-state index in [2.05, 4.69) is 0 Å². The van der Waals surface area contributed by atoms with E-state index in [4.69, 9.17) is 4.74 Å². The van der Waals surface area contributed by atoms with Gasteiger partial charge in [0.1, 0.15) is 0 Å². The fraction of sp³-hybridized carbons (Fsp3) is 0.571. The summed E-state index contributed by atoms with van der Waals surface area (Å²) in [4.78, 5) is 21.5. The van der Waals surface area contributed by atoms with Gasteiger partial charge in [-0.2, -0.15) is 0 Å². The number of hydrogen-bond acceptors (Lipinski definition) is 5. The van der Waals surface area contributed by atoms with Crippen molar-refractivity contribution in [2.45, 2.75) is 0 Å². The summed E-state index contributed by atoms with van der Waals surface area (Å²) in [5.41, 5.74) is -0.415. The van der Waals surface area contributed by atoms with Crippen LogP contribution in [0.2, 0.25) is 0 Å². The van der Waals surface area contributed by atoms with Gasteiger partial charge in [0.05, 0.1) is 24.3 Å². The third kappa shape index (κ3) is 2.83. The third-order valence-electron chi connectivity index (χ3n) is 1.69. The highest BCUT2D eigenvalue weighted by molar-refractivity contribution is 5.69. The highest BCUT2D eigenvalue weighted by atomic mass is 16.6. The molecular weight excluding hydrogens is 176 g/mol. The van der Waals surface area contributed by atoms with Crippen LogP contribution in [0, 0.1) is 10.1 Å². The lowest BCUT2D eigenvalue weighted by Gasteiger charge is -2.24. The van der Waals surface area contributed by atoms with Crippen molar-refractivity contribution in [3.63, 3.8) is 0 Å². The lowest BCUT2D eigenvalue weighted by Crippen LogP contribution is -2.32. The Kier molecular flexibility index (Phi) is 3.39. The largest absolute Gasteiger partial charge is 0.378 e. The molecule has 1 fully saturated rings. The summed E-state index contributed by atoms with van der Waals surface area (Å²) in [5.74, 6) is 0. The Balaban J connectivity index is 2.59. The molecule has 0 aliphatic carbocycles. The van der Waals surface area contributed by atoms with Gasteiger partial charge in [-0.25, -0.2) is 0 Å². The molecule has 0 atom stereocenters. The second-order valence-corrected chi connectivity index (χ2v) is 2.58. The number of rotatable bonds is 3. The van der Waals surface area contributed by atoms with Gasteiger partial charge in [-0.05, 0) is 0 Å². The number of carbonyl (C=O) groups is 1. The Bertz CT molecular complexity index is 233. The molecule has 1 saturated heterocycles. The Morgan fingerprint density at radius 3 is 2.54 bits per heavy atom. The SMILES string of the molecule is O=CC(=CN1CCOCC1)[N+](=O)[O-].